The molecule has 4 aromatic rings. The molecule has 1 aromatic heterocycles. The minimum atomic E-state index is 0. The number of aromatic amines is 1. The molecule has 7 heteroatoms. The molecule has 3 aliphatic rings. The number of rotatable bonds is 2. The zero-order valence-corrected chi connectivity index (χ0v) is 18.0. The van der Waals surface area contributed by atoms with Crippen LogP contribution in [-0.2, 0) is 0 Å². The Morgan fingerprint density at radius 1 is 0.697 bits per heavy atom. The first-order chi connectivity index (χ1) is 16.2. The molecule has 2 amide bonds. The highest BCUT2D eigenvalue weighted by Gasteiger charge is 2.59. The molecule has 1 aliphatic carbocycles. The Morgan fingerprint density at radius 2 is 1.24 bits per heavy atom. The first-order valence-electron chi connectivity index (χ1n) is 11.5. The van der Waals surface area contributed by atoms with Crippen molar-refractivity contribution in [2.24, 2.45) is 23.7 Å². The van der Waals surface area contributed by atoms with Crippen molar-refractivity contribution in [2.75, 3.05) is 26.2 Å². The van der Waals surface area contributed by atoms with Crippen molar-refractivity contribution < 1.29 is 12.4 Å². The lowest BCUT2D eigenvalue weighted by Gasteiger charge is -2.42. The summed E-state index contributed by atoms with van der Waals surface area (Å²) in [6.07, 6.45) is 0. The average molecular weight is 442 g/mol. The smallest absolute Gasteiger partial charge is 0.253 e. The minimum Gasteiger partial charge on any atom is -0.338 e. The van der Waals surface area contributed by atoms with Gasteiger partial charge in [0.25, 0.3) is 11.8 Å². The number of benzene rings is 3. The lowest BCUT2D eigenvalue weighted by Crippen LogP contribution is -2.44. The van der Waals surface area contributed by atoms with Gasteiger partial charge in [0.1, 0.15) is 11.0 Å². The summed E-state index contributed by atoms with van der Waals surface area (Å²) in [4.78, 5) is 30.4. The highest BCUT2D eigenvalue weighted by molar-refractivity contribution is 5.99. The normalized spacial score (nSPS) is 25.8. The van der Waals surface area contributed by atoms with Crippen LogP contribution in [-0.4, -0.2) is 63.2 Å². The summed E-state index contributed by atoms with van der Waals surface area (Å²) in [6, 6.07) is 19.6. The van der Waals surface area contributed by atoms with Crippen LogP contribution < -0.4 is 0 Å². The number of H-pyrrole nitrogens is 1. The van der Waals surface area contributed by atoms with Crippen LogP contribution in [0, 0.1) is 23.7 Å². The number of nitrogens with one attached hydrogen (secondary N) is 1. The van der Waals surface area contributed by atoms with E-state index in [0.717, 1.165) is 48.0 Å². The van der Waals surface area contributed by atoms with E-state index in [2.05, 4.69) is 27.5 Å². The molecular formula is C26H27N5O2. The molecule has 2 saturated heterocycles. The molecule has 1 N–H and O–H groups in total. The van der Waals surface area contributed by atoms with E-state index < -0.39 is 0 Å². The van der Waals surface area contributed by atoms with Crippen molar-refractivity contribution in [3.05, 3.63) is 71.8 Å². The monoisotopic (exact) mass is 441 g/mol. The second-order valence-corrected chi connectivity index (χ2v) is 9.66. The van der Waals surface area contributed by atoms with Crippen LogP contribution in [0.5, 0.6) is 0 Å². The number of aromatic nitrogens is 3. The predicted octanol–water partition coefficient (Wildman–Crippen LogP) is 3.69. The number of fused-ring (bicyclic) bond motifs is 6. The molecule has 3 aromatic carbocycles. The van der Waals surface area contributed by atoms with Gasteiger partial charge in [-0.3, -0.25) is 9.59 Å². The van der Waals surface area contributed by atoms with Gasteiger partial charge in [-0.05, 0) is 64.8 Å². The molecule has 0 radical (unpaired) electrons. The van der Waals surface area contributed by atoms with E-state index in [9.17, 15) is 9.59 Å². The molecule has 1 saturated carbocycles. The Bertz CT molecular complexity index is 1420. The van der Waals surface area contributed by atoms with Crippen LogP contribution >= 0.6 is 0 Å². The second-order valence-electron chi connectivity index (χ2n) is 9.66. The molecule has 2 aliphatic heterocycles. The van der Waals surface area contributed by atoms with E-state index in [-0.39, 0.29) is 14.7 Å². The summed E-state index contributed by atoms with van der Waals surface area (Å²) >= 11 is 0. The standard InChI is InChI=1S/C26H23N5O2.2H2/c32-25(17-6-5-15-3-1-2-4-16(15)9-17)30-11-19-20(12-30)22-14-31(13-21(19)22)26(33)18-7-8-23-24(10-18)28-29-27-23;;/h1-10,19-22H,11-14H2,(H,27,28,29);2*1H/t19?,20?,21-,22+;;. The molecule has 33 heavy (non-hydrogen) atoms. The van der Waals surface area contributed by atoms with Crippen LogP contribution in [0.25, 0.3) is 21.8 Å². The number of carbonyl (C=O) groups excluding carboxylic acids is 2. The zero-order valence-electron chi connectivity index (χ0n) is 18.0. The fourth-order valence-corrected chi connectivity index (χ4v) is 6.37. The molecular weight excluding hydrogens is 414 g/mol. The van der Waals surface area contributed by atoms with Crippen molar-refractivity contribution in [2.45, 2.75) is 0 Å². The molecule has 3 heterocycles. The molecule has 2 unspecified atom stereocenters. The van der Waals surface area contributed by atoms with Gasteiger partial charge in [0, 0.05) is 40.2 Å². The maximum Gasteiger partial charge on any atom is 0.253 e. The Kier molecular flexibility index (Phi) is 3.92. The summed E-state index contributed by atoms with van der Waals surface area (Å²) in [5.74, 6) is 2.16. The van der Waals surface area contributed by atoms with E-state index in [0.29, 0.717) is 34.8 Å². The number of nitrogens with zero attached hydrogens (tertiary/aromatic N) is 4. The van der Waals surface area contributed by atoms with Crippen LogP contribution in [0.2, 0.25) is 0 Å². The third-order valence-corrected chi connectivity index (χ3v) is 8.06. The fourth-order valence-electron chi connectivity index (χ4n) is 6.37. The summed E-state index contributed by atoms with van der Waals surface area (Å²) in [5.41, 5.74) is 2.90. The van der Waals surface area contributed by atoms with Crippen molar-refractivity contribution >= 4 is 33.6 Å². The van der Waals surface area contributed by atoms with E-state index in [1.54, 1.807) is 0 Å². The van der Waals surface area contributed by atoms with Gasteiger partial charge < -0.3 is 9.80 Å². The molecule has 0 spiro atoms. The topological polar surface area (TPSA) is 82.2 Å². The summed E-state index contributed by atoms with van der Waals surface area (Å²) in [6.45, 7) is 3.15. The van der Waals surface area contributed by atoms with Crippen LogP contribution in [0.15, 0.2) is 60.7 Å². The van der Waals surface area contributed by atoms with Gasteiger partial charge in [-0.15, -0.1) is 0 Å². The largest absolute Gasteiger partial charge is 0.338 e. The summed E-state index contributed by atoms with van der Waals surface area (Å²) in [7, 11) is 0. The molecule has 4 atom stereocenters. The molecule has 0 bridgehead atoms. The summed E-state index contributed by atoms with van der Waals surface area (Å²) in [5, 5.41) is 13.0. The van der Waals surface area contributed by atoms with Gasteiger partial charge in [0.2, 0.25) is 0 Å². The first-order valence-corrected chi connectivity index (χ1v) is 11.5. The van der Waals surface area contributed by atoms with Crippen LogP contribution in [0.3, 0.4) is 0 Å². The van der Waals surface area contributed by atoms with Crippen LogP contribution in [0.4, 0.5) is 0 Å². The van der Waals surface area contributed by atoms with Crippen molar-refractivity contribution in [3.8, 4) is 0 Å². The van der Waals surface area contributed by atoms with Crippen molar-refractivity contribution in [3.63, 3.8) is 0 Å². The number of hydrogen-bond acceptors (Lipinski definition) is 4. The number of likely N-dealkylation sites (tertiary alicyclic amines) is 2. The molecule has 3 fully saturated rings. The van der Waals surface area contributed by atoms with Crippen molar-refractivity contribution in [1.29, 1.82) is 0 Å². The number of amides is 2. The van der Waals surface area contributed by atoms with Gasteiger partial charge in [-0.2, -0.15) is 15.4 Å². The minimum absolute atomic E-state index is 0. The highest BCUT2D eigenvalue weighted by atomic mass is 16.2. The lowest BCUT2D eigenvalue weighted by molar-refractivity contribution is 0.0629. The zero-order chi connectivity index (χ0) is 22.1. The van der Waals surface area contributed by atoms with Gasteiger partial charge in [-0.1, -0.05) is 30.3 Å². The average Bonchev–Trinajstić information content (AvgIpc) is 3.56. The Labute approximate surface area is 193 Å². The third-order valence-electron chi connectivity index (χ3n) is 8.06. The van der Waals surface area contributed by atoms with E-state index in [4.69, 9.17) is 0 Å². The molecule has 168 valence electrons. The van der Waals surface area contributed by atoms with Gasteiger partial charge in [0.15, 0.2) is 0 Å². The summed E-state index contributed by atoms with van der Waals surface area (Å²) < 4.78 is 0. The third kappa shape index (κ3) is 2.81. The Balaban J connectivity index is 0.00000127. The highest BCUT2D eigenvalue weighted by Crippen LogP contribution is 2.54. The number of hydrogen-bond donors (Lipinski definition) is 1. The van der Waals surface area contributed by atoms with Crippen molar-refractivity contribution in [1.82, 2.24) is 25.2 Å². The van der Waals surface area contributed by atoms with E-state index >= 15 is 0 Å². The molecule has 7 rings (SSSR count). The lowest BCUT2D eigenvalue weighted by atomic mass is 9.60. The maximum absolute atomic E-state index is 13.2. The molecule has 7 nitrogen and oxygen atoms in total. The van der Waals surface area contributed by atoms with E-state index in [1.165, 1.54) is 0 Å². The van der Waals surface area contributed by atoms with Gasteiger partial charge >= 0.3 is 0 Å². The predicted molar refractivity (Wildman–Crippen MR) is 128 cm³/mol. The first kappa shape index (κ1) is 18.8. The Hall–Kier alpha value is -3.74. The number of carbonyl (C=O) groups is 2. The SMILES string of the molecule is O=C(c1ccc2ccccc2c1)N1CC2C(C1)[C@@H]1CN(C(=O)c3ccc4n[nH]nc4c3)C[C@H]21.[HH].[HH]. The fraction of sp³-hybridized carbons (Fsp3) is 0.308. The van der Waals surface area contributed by atoms with Gasteiger partial charge in [0.05, 0.1) is 0 Å². The second kappa shape index (κ2) is 6.88. The van der Waals surface area contributed by atoms with Crippen LogP contribution in [0.1, 0.15) is 23.6 Å². The van der Waals surface area contributed by atoms with Gasteiger partial charge in [-0.25, -0.2) is 0 Å². The quantitative estimate of drug-likeness (QED) is 0.514. The Morgan fingerprint density at radius 3 is 1.91 bits per heavy atom. The maximum atomic E-state index is 13.2. The van der Waals surface area contributed by atoms with E-state index in [1.807, 2.05) is 58.3 Å².